The lowest BCUT2D eigenvalue weighted by Crippen LogP contribution is -1.87. The van der Waals surface area contributed by atoms with E-state index in [0.29, 0.717) is 0 Å². The van der Waals surface area contributed by atoms with Crippen LogP contribution in [0.25, 0.3) is 0 Å². The molecule has 0 rings (SSSR count). The van der Waals surface area contributed by atoms with Crippen LogP contribution in [0.2, 0.25) is 0 Å². The first kappa shape index (κ1) is 71.0. The maximum atomic E-state index is 2.36. The van der Waals surface area contributed by atoms with Crippen molar-refractivity contribution in [1.29, 1.82) is 0 Å². The molecule has 71 heavy (non-hydrogen) atoms. The van der Waals surface area contributed by atoms with Crippen molar-refractivity contribution >= 4 is 0 Å². The normalized spacial score (nSPS) is 11.8. The van der Waals surface area contributed by atoms with E-state index in [1.165, 1.54) is 430 Å². The van der Waals surface area contributed by atoms with E-state index in [4.69, 9.17) is 0 Å². The van der Waals surface area contributed by atoms with Crippen LogP contribution in [0.3, 0.4) is 0 Å². The Labute approximate surface area is 454 Å². The van der Waals surface area contributed by atoms with E-state index in [0.717, 1.165) is 5.92 Å². The first-order valence-corrected chi connectivity index (χ1v) is 35.3. The van der Waals surface area contributed by atoms with Gasteiger partial charge in [-0.25, -0.2) is 0 Å². The van der Waals surface area contributed by atoms with Gasteiger partial charge >= 0.3 is 0 Å². The average Bonchev–Trinajstić information content (AvgIpc) is 3.37. The molecule has 0 aromatic carbocycles. The van der Waals surface area contributed by atoms with Crippen molar-refractivity contribution in [1.82, 2.24) is 0 Å². The van der Waals surface area contributed by atoms with Gasteiger partial charge in [0.1, 0.15) is 0 Å². The predicted molar refractivity (Wildman–Crippen MR) is 330 cm³/mol. The van der Waals surface area contributed by atoms with Gasteiger partial charge in [0, 0.05) is 0 Å². The van der Waals surface area contributed by atoms with Gasteiger partial charge in [-0.2, -0.15) is 0 Å². The molecular weight excluding hydrogens is 853 g/mol. The van der Waals surface area contributed by atoms with Crippen molar-refractivity contribution < 1.29 is 0 Å². The Kier molecular flexibility index (Phi) is 68.0. The monoisotopic (exact) mass is 997 g/mol. The molecule has 0 amide bonds. The highest BCUT2D eigenvalue weighted by molar-refractivity contribution is 4.57. The molecule has 0 aliphatic heterocycles. The summed E-state index contributed by atoms with van der Waals surface area (Å²) < 4.78 is 0. The van der Waals surface area contributed by atoms with Crippen LogP contribution in [0, 0.1) is 5.92 Å². The van der Waals surface area contributed by atoms with Crippen LogP contribution >= 0.6 is 0 Å². The van der Waals surface area contributed by atoms with E-state index < -0.39 is 0 Å². The van der Waals surface area contributed by atoms with Gasteiger partial charge in [0.05, 0.1) is 0 Å². The van der Waals surface area contributed by atoms with Gasteiger partial charge in [-0.15, -0.1) is 0 Å². The SMILES string of the molecule is CCCCCCCCCCCCCCCCCCCCCCCCCCCCCCCCCCCCCCCCCCCCCCCCCCCCCCCCCCCCCCCCCCCCC(C)C. The summed E-state index contributed by atoms with van der Waals surface area (Å²) in [5.74, 6) is 0.895. The Morgan fingerprint density at radius 2 is 0.211 bits per heavy atom. The minimum Gasteiger partial charge on any atom is -0.0654 e. The van der Waals surface area contributed by atoms with Crippen LogP contribution in [0.5, 0.6) is 0 Å². The molecular formula is C71H144. The Bertz CT molecular complexity index is 856. The minimum absolute atomic E-state index is 0.895. The van der Waals surface area contributed by atoms with Crippen molar-refractivity contribution in [2.24, 2.45) is 5.92 Å². The summed E-state index contributed by atoms with van der Waals surface area (Å²) in [4.78, 5) is 0. The topological polar surface area (TPSA) is 0 Å². The standard InChI is InChI=1S/C71H144/c1-4-5-6-7-8-9-10-11-12-13-14-15-16-17-18-19-20-21-22-23-24-25-26-27-28-29-30-31-32-33-34-35-36-37-38-39-40-41-42-43-44-45-46-47-48-49-50-51-52-53-54-55-56-57-58-59-60-61-62-63-64-65-66-67-68-69-70-71(2)3/h71H,4-70H2,1-3H3. The molecule has 0 fully saturated rings. The Balaban J connectivity index is 3.07. The number of rotatable bonds is 67. The number of hydrogen-bond acceptors (Lipinski definition) is 0. The third kappa shape index (κ3) is 70.0. The molecule has 0 heteroatoms. The molecule has 0 aliphatic carbocycles. The second-order valence-electron chi connectivity index (χ2n) is 25.2. The van der Waals surface area contributed by atoms with Crippen LogP contribution in [0.15, 0.2) is 0 Å². The zero-order chi connectivity index (χ0) is 51.0. The molecule has 0 aromatic rings. The van der Waals surface area contributed by atoms with Gasteiger partial charge in [0.2, 0.25) is 0 Å². The average molecular weight is 998 g/mol. The maximum Gasteiger partial charge on any atom is -0.0471 e. The summed E-state index contributed by atoms with van der Waals surface area (Å²) in [6.07, 6.45) is 99.9. The van der Waals surface area contributed by atoms with Crippen LogP contribution in [0.4, 0.5) is 0 Å². The van der Waals surface area contributed by atoms with Gasteiger partial charge in [-0.1, -0.05) is 451 Å². The number of hydrogen-bond donors (Lipinski definition) is 0. The highest BCUT2D eigenvalue weighted by Crippen LogP contribution is 2.21. The van der Waals surface area contributed by atoms with Crippen LogP contribution in [0.1, 0.15) is 451 Å². The van der Waals surface area contributed by atoms with Gasteiger partial charge in [-0.05, 0) is 5.92 Å². The van der Waals surface area contributed by atoms with Crippen LogP contribution < -0.4 is 0 Å². The molecule has 0 atom stereocenters. The summed E-state index contributed by atoms with van der Waals surface area (Å²) in [5, 5.41) is 0. The molecule has 0 N–H and O–H groups in total. The van der Waals surface area contributed by atoms with E-state index in [1.54, 1.807) is 0 Å². The van der Waals surface area contributed by atoms with Gasteiger partial charge in [-0.3, -0.25) is 0 Å². The maximum absolute atomic E-state index is 2.36. The van der Waals surface area contributed by atoms with Crippen molar-refractivity contribution in [2.75, 3.05) is 0 Å². The van der Waals surface area contributed by atoms with Crippen LogP contribution in [-0.2, 0) is 0 Å². The predicted octanol–water partition coefficient (Wildman–Crippen LogP) is 27.8. The van der Waals surface area contributed by atoms with Crippen molar-refractivity contribution in [3.63, 3.8) is 0 Å². The molecule has 0 saturated heterocycles. The summed E-state index contributed by atoms with van der Waals surface area (Å²) in [5.41, 5.74) is 0. The van der Waals surface area contributed by atoms with E-state index >= 15 is 0 Å². The summed E-state index contributed by atoms with van der Waals surface area (Å²) in [6, 6.07) is 0. The zero-order valence-electron chi connectivity index (χ0n) is 51.0. The summed E-state index contributed by atoms with van der Waals surface area (Å²) in [6.45, 7) is 7.03. The molecule has 0 radical (unpaired) electrons. The second kappa shape index (κ2) is 68.0. The first-order valence-electron chi connectivity index (χ1n) is 35.3. The summed E-state index contributed by atoms with van der Waals surface area (Å²) in [7, 11) is 0. The molecule has 0 aromatic heterocycles. The van der Waals surface area contributed by atoms with E-state index in [-0.39, 0.29) is 0 Å². The Hall–Kier alpha value is 0. The highest BCUT2D eigenvalue weighted by Gasteiger charge is 2.01. The Morgan fingerprint density at radius 3 is 0.296 bits per heavy atom. The zero-order valence-corrected chi connectivity index (χ0v) is 51.0. The molecule has 0 saturated carbocycles. The smallest absolute Gasteiger partial charge is 0.0471 e. The fourth-order valence-electron chi connectivity index (χ4n) is 11.9. The fourth-order valence-corrected chi connectivity index (χ4v) is 11.9. The Morgan fingerprint density at radius 1 is 0.127 bits per heavy atom. The van der Waals surface area contributed by atoms with Crippen molar-refractivity contribution in [2.45, 2.75) is 451 Å². The van der Waals surface area contributed by atoms with E-state index in [9.17, 15) is 0 Å². The quantitative estimate of drug-likeness (QED) is 0.0533. The molecule has 428 valence electrons. The van der Waals surface area contributed by atoms with Crippen LogP contribution in [-0.4, -0.2) is 0 Å². The van der Waals surface area contributed by atoms with Crippen molar-refractivity contribution in [3.8, 4) is 0 Å². The van der Waals surface area contributed by atoms with Gasteiger partial charge in [0.15, 0.2) is 0 Å². The third-order valence-electron chi connectivity index (χ3n) is 17.1. The van der Waals surface area contributed by atoms with E-state index in [1.807, 2.05) is 0 Å². The van der Waals surface area contributed by atoms with Crippen molar-refractivity contribution in [3.05, 3.63) is 0 Å². The molecule has 0 spiro atoms. The first-order chi connectivity index (χ1) is 35.3. The van der Waals surface area contributed by atoms with E-state index in [2.05, 4.69) is 20.8 Å². The second-order valence-corrected chi connectivity index (χ2v) is 25.2. The third-order valence-corrected chi connectivity index (χ3v) is 17.1. The van der Waals surface area contributed by atoms with Gasteiger partial charge in [0.25, 0.3) is 0 Å². The molecule has 0 nitrogen and oxygen atoms in total. The lowest BCUT2D eigenvalue weighted by atomic mass is 10.0. The van der Waals surface area contributed by atoms with Gasteiger partial charge < -0.3 is 0 Å². The molecule has 0 unspecified atom stereocenters. The lowest BCUT2D eigenvalue weighted by molar-refractivity contribution is 0.500. The highest BCUT2D eigenvalue weighted by atomic mass is 14.1. The minimum atomic E-state index is 0.895. The molecule has 0 aliphatic rings. The fraction of sp³-hybridized carbons (Fsp3) is 1.00. The molecule has 0 bridgehead atoms. The lowest BCUT2D eigenvalue weighted by Gasteiger charge is -2.05. The summed E-state index contributed by atoms with van der Waals surface area (Å²) >= 11 is 0. The number of unbranched alkanes of at least 4 members (excludes halogenated alkanes) is 65. The largest absolute Gasteiger partial charge is 0.0654 e. The molecule has 0 heterocycles.